The number of amides is 1. The Hall–Kier alpha value is -0.750. The third-order valence-corrected chi connectivity index (χ3v) is 2.83. The minimum atomic E-state index is -1.10. The Morgan fingerprint density at radius 3 is 2.92 bits per heavy atom. The maximum Gasteiger partial charge on any atom is 0.332 e. The molecule has 1 aliphatic rings. The van der Waals surface area contributed by atoms with Crippen molar-refractivity contribution in [3.63, 3.8) is 0 Å². The molecule has 1 heterocycles. The first-order valence-corrected chi connectivity index (χ1v) is 5.07. The normalized spacial score (nSPS) is 21.4. The molecule has 5 nitrogen and oxygen atoms in total. The number of carbonyl (C=O) groups is 2. The smallest absolute Gasteiger partial charge is 0.332 e. The van der Waals surface area contributed by atoms with E-state index in [4.69, 9.17) is 5.11 Å². The molecular weight excluding hydrogens is 194 g/mol. The van der Waals surface area contributed by atoms with Crippen LogP contribution in [0.4, 0.5) is 0 Å². The van der Waals surface area contributed by atoms with E-state index in [1.807, 2.05) is 0 Å². The first-order valence-electron chi connectivity index (χ1n) is 3.91. The van der Waals surface area contributed by atoms with Crippen molar-refractivity contribution in [2.75, 3.05) is 18.1 Å². The third kappa shape index (κ3) is 3.65. The summed E-state index contributed by atoms with van der Waals surface area (Å²) in [4.78, 5) is 25.7. The number of hydroxylamine groups is 1. The maximum absolute atomic E-state index is 11.2. The van der Waals surface area contributed by atoms with Gasteiger partial charge < -0.3 is 5.11 Å². The SMILES string of the molecule is O=C(O)CONC(=O)C1CCSC1. The molecule has 74 valence electrons. The van der Waals surface area contributed by atoms with Gasteiger partial charge >= 0.3 is 5.97 Å². The Bertz CT molecular complexity index is 203. The van der Waals surface area contributed by atoms with Crippen LogP contribution in [0.5, 0.6) is 0 Å². The minimum Gasteiger partial charge on any atom is -0.479 e. The molecule has 1 atom stereocenters. The monoisotopic (exact) mass is 205 g/mol. The second-order valence-electron chi connectivity index (χ2n) is 2.71. The largest absolute Gasteiger partial charge is 0.479 e. The van der Waals surface area contributed by atoms with Gasteiger partial charge in [-0.1, -0.05) is 0 Å². The average Bonchev–Trinajstić information content (AvgIpc) is 2.55. The molecule has 0 aromatic heterocycles. The molecule has 1 saturated heterocycles. The Morgan fingerprint density at radius 2 is 2.38 bits per heavy atom. The van der Waals surface area contributed by atoms with Crippen LogP contribution in [0, 0.1) is 5.92 Å². The second-order valence-corrected chi connectivity index (χ2v) is 3.86. The van der Waals surface area contributed by atoms with Gasteiger partial charge in [0.25, 0.3) is 0 Å². The van der Waals surface area contributed by atoms with Gasteiger partial charge in [0.2, 0.25) is 5.91 Å². The number of hydrogen-bond donors (Lipinski definition) is 2. The van der Waals surface area contributed by atoms with Crippen LogP contribution in [0.15, 0.2) is 0 Å². The number of rotatable bonds is 4. The molecule has 1 aliphatic heterocycles. The molecule has 1 unspecified atom stereocenters. The van der Waals surface area contributed by atoms with E-state index < -0.39 is 12.6 Å². The zero-order chi connectivity index (χ0) is 9.68. The summed E-state index contributed by atoms with van der Waals surface area (Å²) in [6, 6.07) is 0. The van der Waals surface area contributed by atoms with Crippen molar-refractivity contribution >= 4 is 23.6 Å². The minimum absolute atomic E-state index is 0.0289. The highest BCUT2D eigenvalue weighted by Gasteiger charge is 2.23. The van der Waals surface area contributed by atoms with Gasteiger partial charge in [-0.15, -0.1) is 0 Å². The van der Waals surface area contributed by atoms with Gasteiger partial charge in [-0.25, -0.2) is 10.3 Å². The molecule has 1 fully saturated rings. The zero-order valence-corrected chi connectivity index (χ0v) is 7.80. The van der Waals surface area contributed by atoms with E-state index in [1.165, 1.54) is 0 Å². The number of carbonyl (C=O) groups excluding carboxylic acids is 1. The quantitative estimate of drug-likeness (QED) is 0.625. The van der Waals surface area contributed by atoms with Crippen molar-refractivity contribution in [1.82, 2.24) is 5.48 Å². The van der Waals surface area contributed by atoms with E-state index in [0.29, 0.717) is 0 Å². The molecule has 6 heteroatoms. The van der Waals surface area contributed by atoms with Crippen molar-refractivity contribution in [3.8, 4) is 0 Å². The van der Waals surface area contributed by atoms with Crippen molar-refractivity contribution in [2.24, 2.45) is 5.92 Å². The summed E-state index contributed by atoms with van der Waals surface area (Å²) in [7, 11) is 0. The molecule has 1 amide bonds. The number of hydrogen-bond acceptors (Lipinski definition) is 4. The van der Waals surface area contributed by atoms with E-state index in [9.17, 15) is 9.59 Å². The third-order valence-electron chi connectivity index (χ3n) is 1.67. The number of carboxylic acids is 1. The highest BCUT2D eigenvalue weighted by molar-refractivity contribution is 7.99. The zero-order valence-electron chi connectivity index (χ0n) is 6.99. The Balaban J connectivity index is 2.13. The van der Waals surface area contributed by atoms with Crippen LogP contribution in [0.3, 0.4) is 0 Å². The van der Waals surface area contributed by atoms with Crippen LogP contribution >= 0.6 is 11.8 Å². The highest BCUT2D eigenvalue weighted by Crippen LogP contribution is 2.23. The van der Waals surface area contributed by atoms with Gasteiger partial charge in [0.1, 0.15) is 0 Å². The topological polar surface area (TPSA) is 75.6 Å². The average molecular weight is 205 g/mol. The molecular formula is C7H11NO4S. The molecule has 0 aromatic carbocycles. The van der Waals surface area contributed by atoms with Gasteiger partial charge in [-0.3, -0.25) is 9.63 Å². The fourth-order valence-electron chi connectivity index (χ4n) is 0.994. The van der Waals surface area contributed by atoms with Crippen molar-refractivity contribution in [2.45, 2.75) is 6.42 Å². The van der Waals surface area contributed by atoms with E-state index in [2.05, 4.69) is 10.3 Å². The lowest BCUT2D eigenvalue weighted by Crippen LogP contribution is -2.32. The number of nitrogens with one attached hydrogen (secondary N) is 1. The summed E-state index contributed by atoms with van der Waals surface area (Å²) in [5, 5.41) is 8.21. The lowest BCUT2D eigenvalue weighted by atomic mass is 10.1. The fraction of sp³-hybridized carbons (Fsp3) is 0.714. The van der Waals surface area contributed by atoms with Gasteiger partial charge in [0.15, 0.2) is 6.61 Å². The highest BCUT2D eigenvalue weighted by atomic mass is 32.2. The van der Waals surface area contributed by atoms with Gasteiger partial charge in [-0.2, -0.15) is 11.8 Å². The van der Waals surface area contributed by atoms with Crippen LogP contribution in [0.2, 0.25) is 0 Å². The summed E-state index contributed by atoms with van der Waals surface area (Å²) in [6.45, 7) is -0.494. The molecule has 0 saturated carbocycles. The first kappa shape index (κ1) is 10.3. The Morgan fingerprint density at radius 1 is 1.62 bits per heavy atom. The predicted octanol–water partition coefficient (Wildman–Crippen LogP) is -0.128. The van der Waals surface area contributed by atoms with Gasteiger partial charge in [0.05, 0.1) is 0 Å². The van der Waals surface area contributed by atoms with E-state index in [-0.39, 0.29) is 11.8 Å². The second kappa shape index (κ2) is 5.08. The van der Waals surface area contributed by atoms with Crippen molar-refractivity contribution < 1.29 is 19.5 Å². The number of aliphatic carboxylic acids is 1. The summed E-state index contributed by atoms with van der Waals surface area (Å²) in [5.41, 5.74) is 2.12. The molecule has 13 heavy (non-hydrogen) atoms. The molecule has 0 spiro atoms. The van der Waals surface area contributed by atoms with Crippen LogP contribution in [-0.2, 0) is 14.4 Å². The molecule has 0 aromatic rings. The molecule has 1 rings (SSSR count). The lowest BCUT2D eigenvalue weighted by Gasteiger charge is -2.07. The molecule has 0 radical (unpaired) electrons. The summed E-state index contributed by atoms with van der Waals surface area (Å²) >= 11 is 1.72. The van der Waals surface area contributed by atoms with E-state index in [0.717, 1.165) is 17.9 Å². The van der Waals surface area contributed by atoms with Crippen LogP contribution in [0.25, 0.3) is 0 Å². The summed E-state index contributed by atoms with van der Waals surface area (Å²) in [5.74, 6) is 0.436. The van der Waals surface area contributed by atoms with E-state index >= 15 is 0 Å². The fourth-order valence-corrected chi connectivity index (χ4v) is 2.21. The standard InChI is InChI=1S/C7H11NO4S/c9-6(10)3-12-8-7(11)5-1-2-13-4-5/h5H,1-4H2,(H,8,11)(H,9,10). The van der Waals surface area contributed by atoms with Gasteiger partial charge in [0, 0.05) is 11.7 Å². The number of carboxylic acid groups (broad SMARTS) is 1. The van der Waals surface area contributed by atoms with Crippen molar-refractivity contribution in [1.29, 1.82) is 0 Å². The van der Waals surface area contributed by atoms with Crippen LogP contribution in [0.1, 0.15) is 6.42 Å². The number of thioether (sulfide) groups is 1. The maximum atomic E-state index is 11.2. The van der Waals surface area contributed by atoms with E-state index in [1.54, 1.807) is 11.8 Å². The Kier molecular flexibility index (Phi) is 4.04. The molecule has 2 N–H and O–H groups in total. The Labute approximate surface area is 79.8 Å². The first-order chi connectivity index (χ1) is 6.20. The van der Waals surface area contributed by atoms with Gasteiger partial charge in [-0.05, 0) is 12.2 Å². The molecule has 0 aliphatic carbocycles. The summed E-state index contributed by atoms with van der Waals surface area (Å²) < 4.78 is 0. The lowest BCUT2D eigenvalue weighted by molar-refractivity contribution is -0.150. The summed E-state index contributed by atoms with van der Waals surface area (Å²) in [6.07, 6.45) is 0.840. The predicted molar refractivity (Wildman–Crippen MR) is 47.2 cm³/mol. The molecule has 0 bridgehead atoms. The van der Waals surface area contributed by atoms with Crippen LogP contribution in [-0.4, -0.2) is 35.1 Å². The van der Waals surface area contributed by atoms with Crippen molar-refractivity contribution in [3.05, 3.63) is 0 Å². The van der Waals surface area contributed by atoms with Crippen LogP contribution < -0.4 is 5.48 Å².